The summed E-state index contributed by atoms with van der Waals surface area (Å²) in [6.45, 7) is 3.80. The van der Waals surface area contributed by atoms with Gasteiger partial charge in [-0.2, -0.15) is 0 Å². The first-order valence-electron chi connectivity index (χ1n) is 6.98. The zero-order valence-electron chi connectivity index (χ0n) is 13.1. The Labute approximate surface area is 129 Å². The first kappa shape index (κ1) is 17.6. The molecule has 120 valence electrons. The van der Waals surface area contributed by atoms with Gasteiger partial charge in [0.15, 0.2) is 0 Å². The van der Waals surface area contributed by atoms with Crippen molar-refractivity contribution in [3.05, 3.63) is 29.3 Å². The molecule has 0 unspecified atom stereocenters. The summed E-state index contributed by atoms with van der Waals surface area (Å²) in [4.78, 5) is 34.3. The van der Waals surface area contributed by atoms with Gasteiger partial charge in [-0.1, -0.05) is 12.1 Å². The van der Waals surface area contributed by atoms with Gasteiger partial charge in [0.25, 0.3) is 0 Å². The van der Waals surface area contributed by atoms with E-state index >= 15 is 0 Å². The van der Waals surface area contributed by atoms with Gasteiger partial charge in [-0.15, -0.1) is 0 Å². The zero-order valence-corrected chi connectivity index (χ0v) is 13.1. The minimum Gasteiger partial charge on any atom is -0.358 e. The maximum atomic E-state index is 11.8. The summed E-state index contributed by atoms with van der Waals surface area (Å²) in [5, 5.41) is 10.3. The predicted molar refractivity (Wildman–Crippen MR) is 84.5 cm³/mol. The molecule has 0 atom stereocenters. The number of rotatable bonds is 7. The Bertz CT molecular complexity index is 558. The Morgan fingerprint density at radius 2 is 1.64 bits per heavy atom. The first-order chi connectivity index (χ1) is 10.4. The topological polar surface area (TPSA) is 99.3 Å². The number of aryl methyl sites for hydroxylation is 1. The summed E-state index contributed by atoms with van der Waals surface area (Å²) in [7, 11) is 1.52. The summed E-state index contributed by atoms with van der Waals surface area (Å²) in [6, 6.07) is 5.64. The molecule has 0 aliphatic carbocycles. The SMILES string of the molecule is CNC(=O)CNCC(=O)NCC(=O)Nc1cccc(C)c1C. The fourth-order valence-corrected chi connectivity index (χ4v) is 1.70. The number of anilines is 1. The highest BCUT2D eigenvalue weighted by Crippen LogP contribution is 2.17. The zero-order chi connectivity index (χ0) is 16.5. The lowest BCUT2D eigenvalue weighted by Crippen LogP contribution is -2.41. The second kappa shape index (κ2) is 8.78. The van der Waals surface area contributed by atoms with Gasteiger partial charge >= 0.3 is 0 Å². The number of likely N-dealkylation sites (N-methyl/N-ethyl adjacent to an activating group) is 1. The van der Waals surface area contributed by atoms with Gasteiger partial charge < -0.3 is 16.0 Å². The Kier molecular flexibility index (Phi) is 7.04. The maximum absolute atomic E-state index is 11.8. The number of hydrogen-bond donors (Lipinski definition) is 4. The highest BCUT2D eigenvalue weighted by molar-refractivity contribution is 5.95. The number of carbonyl (C=O) groups excluding carboxylic acids is 3. The van der Waals surface area contributed by atoms with Gasteiger partial charge in [-0.3, -0.25) is 19.7 Å². The second-order valence-electron chi connectivity index (χ2n) is 4.85. The van der Waals surface area contributed by atoms with E-state index in [9.17, 15) is 14.4 Å². The molecule has 0 bridgehead atoms. The van der Waals surface area contributed by atoms with E-state index in [2.05, 4.69) is 21.3 Å². The average Bonchev–Trinajstić information content (AvgIpc) is 2.49. The van der Waals surface area contributed by atoms with Crippen molar-refractivity contribution in [3.8, 4) is 0 Å². The smallest absolute Gasteiger partial charge is 0.243 e. The molecule has 0 saturated heterocycles. The molecule has 7 nitrogen and oxygen atoms in total. The number of benzene rings is 1. The van der Waals surface area contributed by atoms with Gasteiger partial charge in [-0.05, 0) is 31.0 Å². The van der Waals surface area contributed by atoms with Crippen LogP contribution >= 0.6 is 0 Å². The van der Waals surface area contributed by atoms with Gasteiger partial charge in [0.2, 0.25) is 17.7 Å². The van der Waals surface area contributed by atoms with Crippen LogP contribution in [0.5, 0.6) is 0 Å². The molecule has 0 aliphatic heterocycles. The van der Waals surface area contributed by atoms with E-state index in [0.29, 0.717) is 0 Å². The highest BCUT2D eigenvalue weighted by Gasteiger charge is 2.08. The molecular weight excluding hydrogens is 284 g/mol. The number of carbonyl (C=O) groups is 3. The van der Waals surface area contributed by atoms with Gasteiger partial charge in [0, 0.05) is 12.7 Å². The van der Waals surface area contributed by atoms with Crippen molar-refractivity contribution >= 4 is 23.4 Å². The highest BCUT2D eigenvalue weighted by atomic mass is 16.2. The van der Waals surface area contributed by atoms with Crippen LogP contribution in [-0.4, -0.2) is 44.4 Å². The van der Waals surface area contributed by atoms with Crippen molar-refractivity contribution in [1.82, 2.24) is 16.0 Å². The standard InChI is InChI=1S/C15H22N4O3/c1-10-5-4-6-12(11(10)2)19-15(22)9-18-14(21)8-17-7-13(20)16-3/h4-6,17H,7-9H2,1-3H3,(H,16,20)(H,18,21)(H,19,22). The summed E-state index contributed by atoms with van der Waals surface area (Å²) >= 11 is 0. The van der Waals surface area contributed by atoms with Crippen molar-refractivity contribution in [2.24, 2.45) is 0 Å². The monoisotopic (exact) mass is 306 g/mol. The average molecular weight is 306 g/mol. The molecule has 0 aliphatic rings. The molecule has 22 heavy (non-hydrogen) atoms. The fourth-order valence-electron chi connectivity index (χ4n) is 1.70. The normalized spacial score (nSPS) is 9.95. The molecule has 1 aromatic carbocycles. The second-order valence-corrected chi connectivity index (χ2v) is 4.85. The fraction of sp³-hybridized carbons (Fsp3) is 0.400. The predicted octanol–water partition coefficient (Wildman–Crippen LogP) is -0.306. The molecule has 0 aromatic heterocycles. The van der Waals surface area contributed by atoms with Crippen LogP contribution in [0.3, 0.4) is 0 Å². The molecular formula is C15H22N4O3. The molecule has 7 heteroatoms. The van der Waals surface area contributed by atoms with Crippen molar-refractivity contribution in [1.29, 1.82) is 0 Å². The third-order valence-corrected chi connectivity index (χ3v) is 3.17. The molecule has 0 radical (unpaired) electrons. The van der Waals surface area contributed by atoms with E-state index in [-0.39, 0.29) is 37.4 Å². The minimum absolute atomic E-state index is 0.0236. The van der Waals surface area contributed by atoms with Crippen LogP contribution in [0, 0.1) is 13.8 Å². The van der Waals surface area contributed by atoms with Gasteiger partial charge in [0.1, 0.15) is 0 Å². The minimum atomic E-state index is -0.347. The molecule has 0 heterocycles. The first-order valence-corrected chi connectivity index (χ1v) is 6.98. The van der Waals surface area contributed by atoms with Crippen LogP contribution in [-0.2, 0) is 14.4 Å². The van der Waals surface area contributed by atoms with Crippen molar-refractivity contribution in [2.75, 3.05) is 32.0 Å². The molecule has 1 aromatic rings. The Hall–Kier alpha value is -2.41. The van der Waals surface area contributed by atoms with E-state index < -0.39 is 0 Å². The lowest BCUT2D eigenvalue weighted by molar-refractivity contribution is -0.124. The van der Waals surface area contributed by atoms with Crippen LogP contribution in [0.1, 0.15) is 11.1 Å². The van der Waals surface area contributed by atoms with E-state index in [4.69, 9.17) is 0 Å². The van der Waals surface area contributed by atoms with Gasteiger partial charge in [0.05, 0.1) is 19.6 Å². The Morgan fingerprint density at radius 1 is 0.955 bits per heavy atom. The van der Waals surface area contributed by atoms with E-state index in [1.807, 2.05) is 32.0 Å². The lowest BCUT2D eigenvalue weighted by Gasteiger charge is -2.11. The van der Waals surface area contributed by atoms with E-state index in [0.717, 1.165) is 16.8 Å². The lowest BCUT2D eigenvalue weighted by atomic mass is 10.1. The Balaban J connectivity index is 2.32. The van der Waals surface area contributed by atoms with Crippen LogP contribution in [0.25, 0.3) is 0 Å². The van der Waals surface area contributed by atoms with Crippen LogP contribution in [0.15, 0.2) is 18.2 Å². The third kappa shape index (κ3) is 5.92. The summed E-state index contributed by atoms with van der Waals surface area (Å²) in [5.41, 5.74) is 2.81. The molecule has 4 N–H and O–H groups in total. The van der Waals surface area contributed by atoms with Gasteiger partial charge in [-0.25, -0.2) is 0 Å². The number of hydrogen-bond acceptors (Lipinski definition) is 4. The van der Waals surface area contributed by atoms with E-state index in [1.165, 1.54) is 7.05 Å². The summed E-state index contributed by atoms with van der Waals surface area (Å²) < 4.78 is 0. The molecule has 0 fully saturated rings. The number of amides is 3. The Morgan fingerprint density at radius 3 is 2.32 bits per heavy atom. The van der Waals surface area contributed by atoms with Crippen molar-refractivity contribution in [2.45, 2.75) is 13.8 Å². The molecule has 1 rings (SSSR count). The summed E-state index contributed by atoms with van der Waals surface area (Å²) in [6.07, 6.45) is 0. The summed E-state index contributed by atoms with van der Waals surface area (Å²) in [5.74, 6) is -0.853. The van der Waals surface area contributed by atoms with Crippen LogP contribution in [0.4, 0.5) is 5.69 Å². The van der Waals surface area contributed by atoms with Crippen LogP contribution < -0.4 is 21.3 Å². The molecule has 0 saturated carbocycles. The largest absolute Gasteiger partial charge is 0.358 e. The quantitative estimate of drug-likeness (QED) is 0.555. The maximum Gasteiger partial charge on any atom is 0.243 e. The van der Waals surface area contributed by atoms with Crippen molar-refractivity contribution in [3.63, 3.8) is 0 Å². The van der Waals surface area contributed by atoms with Crippen LogP contribution in [0.2, 0.25) is 0 Å². The third-order valence-electron chi connectivity index (χ3n) is 3.17. The number of nitrogens with one attached hydrogen (secondary N) is 4. The van der Waals surface area contributed by atoms with Crippen molar-refractivity contribution < 1.29 is 14.4 Å². The van der Waals surface area contributed by atoms with E-state index in [1.54, 1.807) is 0 Å². The molecule has 3 amide bonds. The molecule has 0 spiro atoms.